The van der Waals surface area contributed by atoms with Gasteiger partial charge >= 0.3 is 0 Å². The van der Waals surface area contributed by atoms with Crippen molar-refractivity contribution in [2.75, 3.05) is 37.6 Å². The fraction of sp³-hybridized carbons (Fsp3) is 0.571. The molecule has 2 aliphatic rings. The third-order valence-corrected chi connectivity index (χ3v) is 3.62. The molecule has 1 heterocycles. The maximum Gasteiger partial charge on any atom is 0.0447 e. The van der Waals surface area contributed by atoms with Gasteiger partial charge < -0.3 is 4.90 Å². The first-order valence-electron chi connectivity index (χ1n) is 6.36. The van der Waals surface area contributed by atoms with E-state index in [0.717, 1.165) is 19.0 Å². The first-order chi connectivity index (χ1) is 7.92. The molecular weight excluding hydrogens is 196 g/mol. The number of para-hydroxylation sites is 1. The number of benzene rings is 1. The Morgan fingerprint density at radius 1 is 1.12 bits per heavy atom. The Morgan fingerprint density at radius 2 is 1.94 bits per heavy atom. The third-order valence-electron chi connectivity index (χ3n) is 3.62. The minimum atomic E-state index is 1.02. The van der Waals surface area contributed by atoms with Gasteiger partial charge in [0.25, 0.3) is 0 Å². The first-order valence-corrected chi connectivity index (χ1v) is 6.36. The van der Waals surface area contributed by atoms with Gasteiger partial charge in [-0.05, 0) is 24.8 Å². The maximum absolute atomic E-state index is 3.31. The summed E-state index contributed by atoms with van der Waals surface area (Å²) in [5, 5.41) is 0. The summed E-state index contributed by atoms with van der Waals surface area (Å²) in [6.07, 6.45) is 2.93. The Balaban J connectivity index is 1.53. The van der Waals surface area contributed by atoms with Gasteiger partial charge in [-0.15, -0.1) is 0 Å². The highest BCUT2D eigenvalue weighted by molar-refractivity contribution is 5.45. The van der Waals surface area contributed by atoms with Crippen LogP contribution >= 0.6 is 0 Å². The molecule has 16 heavy (non-hydrogen) atoms. The number of rotatable bonds is 3. The summed E-state index contributed by atoms with van der Waals surface area (Å²) < 4.78 is 0. The second kappa shape index (κ2) is 4.46. The summed E-state index contributed by atoms with van der Waals surface area (Å²) in [6, 6.07) is 11.6. The SMILES string of the molecule is [c]1ccccc1N1CCN(CC2CC2)CC1. The lowest BCUT2D eigenvalue weighted by molar-refractivity contribution is 0.248. The quantitative estimate of drug-likeness (QED) is 0.761. The van der Waals surface area contributed by atoms with Crippen molar-refractivity contribution in [3.63, 3.8) is 0 Å². The van der Waals surface area contributed by atoms with Crippen LogP contribution in [0.4, 0.5) is 5.69 Å². The lowest BCUT2D eigenvalue weighted by atomic mass is 10.2. The van der Waals surface area contributed by atoms with Crippen LogP contribution < -0.4 is 4.90 Å². The molecule has 1 aromatic rings. The van der Waals surface area contributed by atoms with E-state index in [-0.39, 0.29) is 0 Å². The van der Waals surface area contributed by atoms with Crippen LogP contribution in [0.15, 0.2) is 24.3 Å². The molecule has 2 heteroatoms. The second-order valence-electron chi connectivity index (χ2n) is 4.98. The largest absolute Gasteiger partial charge is 0.368 e. The van der Waals surface area contributed by atoms with Crippen molar-refractivity contribution in [3.05, 3.63) is 30.3 Å². The minimum absolute atomic E-state index is 1.02. The van der Waals surface area contributed by atoms with Crippen molar-refractivity contribution < 1.29 is 0 Å². The zero-order valence-electron chi connectivity index (χ0n) is 9.73. The van der Waals surface area contributed by atoms with Crippen molar-refractivity contribution >= 4 is 5.69 Å². The second-order valence-corrected chi connectivity index (χ2v) is 4.98. The molecule has 0 amide bonds. The van der Waals surface area contributed by atoms with Crippen molar-refractivity contribution in [1.82, 2.24) is 4.90 Å². The van der Waals surface area contributed by atoms with Gasteiger partial charge in [-0.25, -0.2) is 0 Å². The molecule has 1 aromatic carbocycles. The van der Waals surface area contributed by atoms with Crippen LogP contribution in [0.25, 0.3) is 0 Å². The molecule has 0 aromatic heterocycles. The van der Waals surface area contributed by atoms with E-state index < -0.39 is 0 Å². The van der Waals surface area contributed by atoms with Gasteiger partial charge in [0.1, 0.15) is 0 Å². The number of nitrogens with zero attached hydrogens (tertiary/aromatic N) is 2. The molecule has 0 atom stereocenters. The van der Waals surface area contributed by atoms with E-state index >= 15 is 0 Å². The van der Waals surface area contributed by atoms with Gasteiger partial charge in [0.05, 0.1) is 0 Å². The minimum Gasteiger partial charge on any atom is -0.368 e. The monoisotopic (exact) mass is 215 g/mol. The van der Waals surface area contributed by atoms with Crippen LogP contribution in [0.5, 0.6) is 0 Å². The Kier molecular flexibility index (Phi) is 2.83. The van der Waals surface area contributed by atoms with Crippen LogP contribution in [-0.2, 0) is 0 Å². The van der Waals surface area contributed by atoms with Gasteiger partial charge in [-0.1, -0.05) is 18.2 Å². The maximum atomic E-state index is 3.31. The van der Waals surface area contributed by atoms with E-state index in [1.807, 2.05) is 12.1 Å². The molecule has 1 saturated heterocycles. The number of hydrogen-bond donors (Lipinski definition) is 0. The molecular formula is C14H19N2. The van der Waals surface area contributed by atoms with E-state index in [1.54, 1.807) is 0 Å². The van der Waals surface area contributed by atoms with Gasteiger partial charge in [-0.3, -0.25) is 4.90 Å². The number of piperazine rings is 1. The van der Waals surface area contributed by atoms with Crippen molar-refractivity contribution in [2.45, 2.75) is 12.8 Å². The number of anilines is 1. The fourth-order valence-corrected chi connectivity index (χ4v) is 2.42. The topological polar surface area (TPSA) is 6.48 Å². The Bertz CT molecular complexity index is 324. The molecule has 85 valence electrons. The molecule has 1 aliphatic carbocycles. The zero-order valence-corrected chi connectivity index (χ0v) is 9.73. The molecule has 0 spiro atoms. The third kappa shape index (κ3) is 2.38. The average molecular weight is 215 g/mol. The van der Waals surface area contributed by atoms with Crippen molar-refractivity contribution in [2.24, 2.45) is 5.92 Å². The van der Waals surface area contributed by atoms with Crippen molar-refractivity contribution in [3.8, 4) is 0 Å². The molecule has 0 bridgehead atoms. The highest BCUT2D eigenvalue weighted by atomic mass is 15.3. The van der Waals surface area contributed by atoms with Gasteiger partial charge in [0.2, 0.25) is 0 Å². The molecule has 2 nitrogen and oxygen atoms in total. The summed E-state index contributed by atoms with van der Waals surface area (Å²) in [7, 11) is 0. The van der Waals surface area contributed by atoms with E-state index in [4.69, 9.17) is 0 Å². The Hall–Kier alpha value is -1.02. The summed E-state index contributed by atoms with van der Waals surface area (Å²) in [5.41, 5.74) is 1.26. The summed E-state index contributed by atoms with van der Waals surface area (Å²) in [4.78, 5) is 5.07. The lowest BCUT2D eigenvalue weighted by Gasteiger charge is -2.36. The normalized spacial score (nSPS) is 22.4. The molecule has 1 aliphatic heterocycles. The number of hydrogen-bond acceptors (Lipinski definition) is 2. The summed E-state index contributed by atoms with van der Waals surface area (Å²) in [5.74, 6) is 1.02. The van der Waals surface area contributed by atoms with Crippen LogP contribution in [0.2, 0.25) is 0 Å². The van der Waals surface area contributed by atoms with Crippen LogP contribution in [0, 0.1) is 12.0 Å². The molecule has 1 saturated carbocycles. The molecule has 2 fully saturated rings. The average Bonchev–Trinajstić information content (AvgIpc) is 3.15. The first kappa shape index (κ1) is 10.2. The molecule has 0 N–H and O–H groups in total. The van der Waals surface area contributed by atoms with Crippen LogP contribution in [0.1, 0.15) is 12.8 Å². The lowest BCUT2D eigenvalue weighted by Crippen LogP contribution is -2.47. The summed E-state index contributed by atoms with van der Waals surface area (Å²) in [6.45, 7) is 6.10. The Morgan fingerprint density at radius 3 is 2.56 bits per heavy atom. The van der Waals surface area contributed by atoms with E-state index in [0.29, 0.717) is 0 Å². The summed E-state index contributed by atoms with van der Waals surface area (Å²) >= 11 is 0. The predicted molar refractivity (Wildman–Crippen MR) is 66.7 cm³/mol. The highest BCUT2D eigenvalue weighted by Crippen LogP contribution is 2.30. The molecule has 1 radical (unpaired) electrons. The van der Waals surface area contributed by atoms with Crippen LogP contribution in [-0.4, -0.2) is 37.6 Å². The van der Waals surface area contributed by atoms with Gasteiger partial charge in [0.15, 0.2) is 0 Å². The molecule has 0 unspecified atom stereocenters. The van der Waals surface area contributed by atoms with E-state index in [2.05, 4.69) is 28.0 Å². The molecule has 3 rings (SSSR count). The van der Waals surface area contributed by atoms with Gasteiger partial charge in [-0.2, -0.15) is 0 Å². The highest BCUT2D eigenvalue weighted by Gasteiger charge is 2.26. The smallest absolute Gasteiger partial charge is 0.0447 e. The standard InChI is InChI=1S/C14H19N2/c1-2-4-14(5-3-1)16-10-8-15(9-11-16)12-13-6-7-13/h1-4,13H,6-12H2. The fourth-order valence-electron chi connectivity index (χ4n) is 2.42. The zero-order chi connectivity index (χ0) is 10.8. The van der Waals surface area contributed by atoms with E-state index in [9.17, 15) is 0 Å². The van der Waals surface area contributed by atoms with Crippen LogP contribution in [0.3, 0.4) is 0 Å². The predicted octanol–water partition coefficient (Wildman–Crippen LogP) is 2.02. The van der Waals surface area contributed by atoms with E-state index in [1.165, 1.54) is 38.2 Å². The Labute approximate surface area is 97.9 Å². The van der Waals surface area contributed by atoms with Crippen molar-refractivity contribution in [1.29, 1.82) is 0 Å². The van der Waals surface area contributed by atoms with Gasteiger partial charge in [0, 0.05) is 44.5 Å².